The van der Waals surface area contributed by atoms with E-state index in [2.05, 4.69) is 0 Å². The number of ether oxygens (including phenoxy) is 2. The zero-order valence-electron chi connectivity index (χ0n) is 8.56. The predicted octanol–water partition coefficient (Wildman–Crippen LogP) is 0.170. The van der Waals surface area contributed by atoms with Crippen molar-refractivity contribution < 1.29 is 19.7 Å². The molecule has 2 N–H and O–H groups in total. The third-order valence-corrected chi connectivity index (χ3v) is 1.86. The zero-order chi connectivity index (χ0) is 10.3. The number of aliphatic hydroxyl groups is 2. The van der Waals surface area contributed by atoms with Gasteiger partial charge in [0.1, 0.15) is 0 Å². The van der Waals surface area contributed by atoms with Crippen LogP contribution in [0.25, 0.3) is 0 Å². The van der Waals surface area contributed by atoms with Crippen molar-refractivity contribution in [3.63, 3.8) is 0 Å². The Hall–Kier alpha value is -0.160. The number of methoxy groups -OCH3 is 1. The molecule has 0 radical (unpaired) electrons. The summed E-state index contributed by atoms with van der Waals surface area (Å²) in [5, 5.41) is 18.6. The third kappa shape index (κ3) is 5.99. The molecule has 0 bridgehead atoms. The van der Waals surface area contributed by atoms with E-state index in [0.717, 1.165) is 0 Å². The summed E-state index contributed by atoms with van der Waals surface area (Å²) in [6, 6.07) is 0. The fraction of sp³-hybridized carbons (Fsp3) is 1.00. The highest BCUT2D eigenvalue weighted by Crippen LogP contribution is 2.07. The second-order valence-electron chi connectivity index (χ2n) is 3.06. The fourth-order valence-corrected chi connectivity index (χ4v) is 1.08. The van der Waals surface area contributed by atoms with Gasteiger partial charge in [0.15, 0.2) is 0 Å². The molecule has 3 unspecified atom stereocenters. The van der Waals surface area contributed by atoms with E-state index in [4.69, 9.17) is 9.47 Å². The van der Waals surface area contributed by atoms with Gasteiger partial charge in [-0.3, -0.25) is 0 Å². The minimum atomic E-state index is -0.570. The van der Waals surface area contributed by atoms with E-state index in [9.17, 15) is 10.2 Å². The lowest BCUT2D eigenvalue weighted by Crippen LogP contribution is -2.31. The lowest BCUT2D eigenvalue weighted by molar-refractivity contribution is -0.0469. The number of hydrogen-bond donors (Lipinski definition) is 2. The molecule has 0 aromatic carbocycles. The van der Waals surface area contributed by atoms with E-state index in [1.54, 1.807) is 6.92 Å². The summed E-state index contributed by atoms with van der Waals surface area (Å²) in [6.07, 6.45) is -1.06. The third-order valence-electron chi connectivity index (χ3n) is 1.86. The Labute approximate surface area is 79.5 Å². The summed E-state index contributed by atoms with van der Waals surface area (Å²) in [5.41, 5.74) is 0. The number of aliphatic hydroxyl groups excluding tert-OH is 2. The maximum absolute atomic E-state index is 9.41. The first kappa shape index (κ1) is 12.8. The van der Waals surface area contributed by atoms with Crippen LogP contribution in [0.15, 0.2) is 0 Å². The van der Waals surface area contributed by atoms with Crippen LogP contribution in [-0.4, -0.2) is 48.8 Å². The molecule has 80 valence electrons. The van der Waals surface area contributed by atoms with Gasteiger partial charge in [-0.05, 0) is 13.8 Å². The van der Waals surface area contributed by atoms with Gasteiger partial charge >= 0.3 is 0 Å². The summed E-state index contributed by atoms with van der Waals surface area (Å²) >= 11 is 0. The van der Waals surface area contributed by atoms with Crippen LogP contribution >= 0.6 is 0 Å². The molecule has 0 saturated heterocycles. The molecule has 0 heterocycles. The monoisotopic (exact) mass is 192 g/mol. The summed E-state index contributed by atoms with van der Waals surface area (Å²) in [5.74, 6) is 0. The van der Waals surface area contributed by atoms with Crippen molar-refractivity contribution in [1.82, 2.24) is 0 Å². The van der Waals surface area contributed by atoms with Crippen molar-refractivity contribution in [3.05, 3.63) is 0 Å². The summed E-state index contributed by atoms with van der Waals surface area (Å²) in [4.78, 5) is 0. The molecular weight excluding hydrogens is 172 g/mol. The first-order valence-electron chi connectivity index (χ1n) is 4.58. The molecule has 0 fully saturated rings. The van der Waals surface area contributed by atoms with Crippen LogP contribution < -0.4 is 0 Å². The van der Waals surface area contributed by atoms with Crippen molar-refractivity contribution in [1.29, 1.82) is 0 Å². The summed E-state index contributed by atoms with van der Waals surface area (Å²) < 4.78 is 10.0. The largest absolute Gasteiger partial charge is 0.391 e. The highest BCUT2D eigenvalue weighted by Gasteiger charge is 2.18. The molecule has 0 spiro atoms. The van der Waals surface area contributed by atoms with Crippen LogP contribution in [0.1, 0.15) is 20.3 Å². The second kappa shape index (κ2) is 7.26. The molecule has 0 amide bonds. The Morgan fingerprint density at radius 2 is 1.92 bits per heavy atom. The van der Waals surface area contributed by atoms with E-state index in [0.29, 0.717) is 19.6 Å². The maximum atomic E-state index is 9.41. The smallest absolute Gasteiger partial charge is 0.0852 e. The standard InChI is InChI=1S/C9H20O4/c1-4-13-6-8(11)5-9(12-3)7(2)10/h7-11H,4-6H2,1-3H3. The maximum Gasteiger partial charge on any atom is 0.0852 e. The molecule has 0 aliphatic heterocycles. The Bertz CT molecular complexity index is 116. The normalized spacial score (nSPS) is 18.2. The molecule has 0 rings (SSSR count). The predicted molar refractivity (Wildman–Crippen MR) is 49.6 cm³/mol. The zero-order valence-corrected chi connectivity index (χ0v) is 8.56. The van der Waals surface area contributed by atoms with Crippen molar-refractivity contribution in [2.24, 2.45) is 0 Å². The van der Waals surface area contributed by atoms with Gasteiger partial charge in [-0.25, -0.2) is 0 Å². The fourth-order valence-electron chi connectivity index (χ4n) is 1.08. The van der Waals surface area contributed by atoms with E-state index in [-0.39, 0.29) is 6.10 Å². The van der Waals surface area contributed by atoms with Gasteiger partial charge in [0.05, 0.1) is 24.9 Å². The molecule has 3 atom stereocenters. The van der Waals surface area contributed by atoms with E-state index in [1.807, 2.05) is 6.92 Å². The van der Waals surface area contributed by atoms with Gasteiger partial charge < -0.3 is 19.7 Å². The van der Waals surface area contributed by atoms with Gasteiger partial charge in [0.25, 0.3) is 0 Å². The van der Waals surface area contributed by atoms with E-state index >= 15 is 0 Å². The minimum absolute atomic E-state index is 0.295. The lowest BCUT2D eigenvalue weighted by Gasteiger charge is -2.21. The summed E-state index contributed by atoms with van der Waals surface area (Å²) in [7, 11) is 1.52. The molecule has 0 aromatic rings. The van der Waals surface area contributed by atoms with Crippen LogP contribution in [0, 0.1) is 0 Å². The van der Waals surface area contributed by atoms with Crippen LogP contribution in [0.2, 0.25) is 0 Å². The first-order chi connectivity index (χ1) is 6.11. The lowest BCUT2D eigenvalue weighted by atomic mass is 10.1. The Morgan fingerprint density at radius 3 is 2.31 bits per heavy atom. The molecule has 0 aliphatic carbocycles. The van der Waals surface area contributed by atoms with Crippen LogP contribution in [0.4, 0.5) is 0 Å². The average Bonchev–Trinajstić information content (AvgIpc) is 2.10. The summed E-state index contributed by atoms with van der Waals surface area (Å²) in [6.45, 7) is 4.39. The Balaban J connectivity index is 3.66. The van der Waals surface area contributed by atoms with Gasteiger partial charge in [-0.1, -0.05) is 0 Å². The molecular formula is C9H20O4. The van der Waals surface area contributed by atoms with Crippen LogP contribution in [0.3, 0.4) is 0 Å². The van der Waals surface area contributed by atoms with E-state index in [1.165, 1.54) is 7.11 Å². The molecule has 4 heteroatoms. The minimum Gasteiger partial charge on any atom is -0.391 e. The van der Waals surface area contributed by atoms with Crippen LogP contribution in [0.5, 0.6) is 0 Å². The van der Waals surface area contributed by atoms with Crippen LogP contribution in [-0.2, 0) is 9.47 Å². The van der Waals surface area contributed by atoms with Gasteiger partial charge in [0.2, 0.25) is 0 Å². The molecule has 0 aromatic heterocycles. The Morgan fingerprint density at radius 1 is 1.31 bits per heavy atom. The molecule has 0 aliphatic rings. The highest BCUT2D eigenvalue weighted by molar-refractivity contribution is 4.69. The average molecular weight is 192 g/mol. The van der Waals surface area contributed by atoms with Crippen molar-refractivity contribution >= 4 is 0 Å². The number of rotatable bonds is 7. The topological polar surface area (TPSA) is 58.9 Å². The quantitative estimate of drug-likeness (QED) is 0.603. The van der Waals surface area contributed by atoms with Gasteiger partial charge in [-0.2, -0.15) is 0 Å². The molecule has 13 heavy (non-hydrogen) atoms. The number of hydrogen-bond acceptors (Lipinski definition) is 4. The highest BCUT2D eigenvalue weighted by atomic mass is 16.5. The van der Waals surface area contributed by atoms with Crippen molar-refractivity contribution in [2.75, 3.05) is 20.3 Å². The Kier molecular flexibility index (Phi) is 7.17. The molecule has 0 saturated carbocycles. The van der Waals surface area contributed by atoms with E-state index < -0.39 is 12.2 Å². The van der Waals surface area contributed by atoms with Gasteiger partial charge in [-0.15, -0.1) is 0 Å². The van der Waals surface area contributed by atoms with Gasteiger partial charge in [0, 0.05) is 20.1 Å². The SMILES string of the molecule is CCOCC(O)CC(OC)C(C)O. The second-order valence-corrected chi connectivity index (χ2v) is 3.06. The molecule has 4 nitrogen and oxygen atoms in total. The first-order valence-corrected chi connectivity index (χ1v) is 4.58. The van der Waals surface area contributed by atoms with Crippen molar-refractivity contribution in [2.45, 2.75) is 38.6 Å². The van der Waals surface area contributed by atoms with Crippen molar-refractivity contribution in [3.8, 4) is 0 Å².